The summed E-state index contributed by atoms with van der Waals surface area (Å²) in [4.78, 5) is 11.6. The second kappa shape index (κ2) is 6.89. The molecule has 0 aromatic heterocycles. The molecule has 0 heterocycles. The number of halogens is 2. The average molecular weight is 288 g/mol. The lowest BCUT2D eigenvalue weighted by molar-refractivity contribution is 0.0694. The summed E-state index contributed by atoms with van der Waals surface area (Å²) in [7, 11) is 0. The van der Waals surface area contributed by atoms with Crippen molar-refractivity contribution >= 4 is 17.7 Å². The first-order valence-electron chi connectivity index (χ1n) is 6.26. The highest BCUT2D eigenvalue weighted by atomic mass is 32.2. The topological polar surface area (TPSA) is 37.3 Å². The van der Waals surface area contributed by atoms with Crippen LogP contribution in [-0.4, -0.2) is 16.3 Å². The Morgan fingerprint density at radius 3 is 2.42 bits per heavy atom. The van der Waals surface area contributed by atoms with E-state index in [4.69, 9.17) is 5.11 Å². The van der Waals surface area contributed by atoms with Gasteiger partial charge in [0.25, 0.3) is 6.43 Å². The summed E-state index contributed by atoms with van der Waals surface area (Å²) in [6.07, 6.45) is -1.31. The SMILES string of the molecule is CCc1c(C(=O)O)ccc(C(F)F)c1S[C@H](C)CC. The van der Waals surface area contributed by atoms with Gasteiger partial charge in [0.15, 0.2) is 0 Å². The molecular formula is C14H18F2O2S. The number of rotatable bonds is 6. The zero-order chi connectivity index (χ0) is 14.6. The van der Waals surface area contributed by atoms with Crippen molar-refractivity contribution in [2.24, 2.45) is 0 Å². The van der Waals surface area contributed by atoms with E-state index in [0.717, 1.165) is 6.42 Å². The first kappa shape index (κ1) is 16.0. The Kier molecular flexibility index (Phi) is 5.79. The first-order valence-corrected chi connectivity index (χ1v) is 7.14. The van der Waals surface area contributed by atoms with E-state index in [0.29, 0.717) is 16.9 Å². The molecule has 1 aromatic rings. The molecule has 5 heteroatoms. The summed E-state index contributed by atoms with van der Waals surface area (Å²) in [6.45, 7) is 5.72. The van der Waals surface area contributed by atoms with Crippen molar-refractivity contribution in [3.05, 3.63) is 28.8 Å². The lowest BCUT2D eigenvalue weighted by Gasteiger charge is -2.18. The molecule has 1 aromatic carbocycles. The molecule has 0 aliphatic heterocycles. The van der Waals surface area contributed by atoms with Crippen LogP contribution in [0.25, 0.3) is 0 Å². The number of hydrogen-bond donors (Lipinski definition) is 1. The second-order valence-electron chi connectivity index (χ2n) is 4.31. The van der Waals surface area contributed by atoms with Gasteiger partial charge in [-0.1, -0.05) is 26.8 Å². The third kappa shape index (κ3) is 3.69. The van der Waals surface area contributed by atoms with Gasteiger partial charge >= 0.3 is 5.97 Å². The van der Waals surface area contributed by atoms with E-state index in [2.05, 4.69) is 0 Å². The average Bonchev–Trinajstić information content (AvgIpc) is 2.37. The summed E-state index contributed by atoms with van der Waals surface area (Å²) < 4.78 is 26.1. The highest BCUT2D eigenvalue weighted by Gasteiger charge is 2.22. The minimum Gasteiger partial charge on any atom is -0.478 e. The third-order valence-corrected chi connectivity index (χ3v) is 4.46. The molecule has 0 spiro atoms. The molecule has 0 saturated heterocycles. The van der Waals surface area contributed by atoms with E-state index in [-0.39, 0.29) is 16.4 Å². The molecule has 0 unspecified atom stereocenters. The molecular weight excluding hydrogens is 270 g/mol. The number of carboxylic acid groups (broad SMARTS) is 1. The van der Waals surface area contributed by atoms with Gasteiger partial charge in [-0.05, 0) is 24.5 Å². The van der Waals surface area contributed by atoms with Crippen LogP contribution in [0.5, 0.6) is 0 Å². The number of aromatic carboxylic acids is 1. The lowest BCUT2D eigenvalue weighted by Crippen LogP contribution is -2.07. The van der Waals surface area contributed by atoms with Crippen molar-refractivity contribution in [1.29, 1.82) is 0 Å². The van der Waals surface area contributed by atoms with Crippen molar-refractivity contribution < 1.29 is 18.7 Å². The van der Waals surface area contributed by atoms with Crippen molar-refractivity contribution in [1.82, 2.24) is 0 Å². The summed E-state index contributed by atoms with van der Waals surface area (Å²) in [5.74, 6) is -1.07. The van der Waals surface area contributed by atoms with E-state index >= 15 is 0 Å². The largest absolute Gasteiger partial charge is 0.478 e. The molecule has 0 saturated carbocycles. The van der Waals surface area contributed by atoms with Gasteiger partial charge in [-0.25, -0.2) is 13.6 Å². The van der Waals surface area contributed by atoms with Crippen molar-refractivity contribution in [3.8, 4) is 0 Å². The van der Waals surface area contributed by atoms with Gasteiger partial charge in [0.05, 0.1) is 5.56 Å². The van der Waals surface area contributed by atoms with Crippen LogP contribution >= 0.6 is 11.8 Å². The fraction of sp³-hybridized carbons (Fsp3) is 0.500. The molecule has 0 radical (unpaired) electrons. The Bertz CT molecular complexity index is 461. The maximum Gasteiger partial charge on any atom is 0.336 e. The Morgan fingerprint density at radius 1 is 1.37 bits per heavy atom. The van der Waals surface area contributed by atoms with Crippen molar-refractivity contribution in [3.63, 3.8) is 0 Å². The minimum absolute atomic E-state index is 0.0628. The van der Waals surface area contributed by atoms with Crippen LogP contribution in [0.3, 0.4) is 0 Å². The number of thioether (sulfide) groups is 1. The number of hydrogen-bond acceptors (Lipinski definition) is 2. The van der Waals surface area contributed by atoms with Gasteiger partial charge in [-0.3, -0.25) is 0 Å². The number of alkyl halides is 2. The number of carbonyl (C=O) groups is 1. The molecule has 1 rings (SSSR count). The third-order valence-electron chi connectivity index (χ3n) is 3.00. The van der Waals surface area contributed by atoms with Gasteiger partial charge < -0.3 is 5.11 Å². The Balaban J connectivity index is 3.40. The highest BCUT2D eigenvalue weighted by Crippen LogP contribution is 2.38. The van der Waals surface area contributed by atoms with Gasteiger partial charge in [-0.2, -0.15) is 0 Å². The summed E-state index contributed by atoms with van der Waals surface area (Å²) in [6, 6.07) is 2.52. The van der Waals surface area contributed by atoms with Crippen molar-refractivity contribution in [2.45, 2.75) is 50.2 Å². The van der Waals surface area contributed by atoms with E-state index in [9.17, 15) is 13.6 Å². The first-order chi connectivity index (χ1) is 8.92. The fourth-order valence-electron chi connectivity index (χ4n) is 1.79. The van der Waals surface area contributed by atoms with Crippen LogP contribution in [0.15, 0.2) is 17.0 Å². The van der Waals surface area contributed by atoms with E-state index in [1.54, 1.807) is 6.92 Å². The fourth-order valence-corrected chi connectivity index (χ4v) is 3.05. The van der Waals surface area contributed by atoms with E-state index in [1.165, 1.54) is 23.9 Å². The van der Waals surface area contributed by atoms with Crippen LogP contribution in [0.2, 0.25) is 0 Å². The molecule has 1 atom stereocenters. The second-order valence-corrected chi connectivity index (χ2v) is 5.75. The molecule has 19 heavy (non-hydrogen) atoms. The molecule has 0 aliphatic rings. The van der Waals surface area contributed by atoms with Crippen molar-refractivity contribution in [2.75, 3.05) is 0 Å². The predicted molar refractivity (Wildman–Crippen MR) is 73.3 cm³/mol. The minimum atomic E-state index is -2.58. The zero-order valence-corrected chi connectivity index (χ0v) is 12.1. The van der Waals surface area contributed by atoms with E-state index < -0.39 is 12.4 Å². The molecule has 0 bridgehead atoms. The van der Waals surface area contributed by atoms with E-state index in [1.807, 2.05) is 13.8 Å². The Labute approximate surface area is 116 Å². The quantitative estimate of drug-likeness (QED) is 0.766. The monoisotopic (exact) mass is 288 g/mol. The molecule has 0 aliphatic carbocycles. The predicted octanol–water partition coefficient (Wildman–Crippen LogP) is 4.78. The van der Waals surface area contributed by atoms with Crippen LogP contribution in [0, 0.1) is 0 Å². The molecule has 0 fully saturated rings. The number of carboxylic acids is 1. The molecule has 106 valence electrons. The van der Waals surface area contributed by atoms with Gasteiger partial charge in [0.1, 0.15) is 0 Å². The molecule has 1 N–H and O–H groups in total. The van der Waals surface area contributed by atoms with Crippen LogP contribution < -0.4 is 0 Å². The standard InChI is InChI=1S/C14H18F2O2S/c1-4-8(3)19-12-9(5-2)10(14(17)18)6-7-11(12)13(15)16/h6-8,13H,4-5H2,1-3H3,(H,17,18)/t8-/m1/s1. The van der Waals surface area contributed by atoms with Gasteiger partial charge in [0, 0.05) is 15.7 Å². The summed E-state index contributed by atoms with van der Waals surface area (Å²) in [5, 5.41) is 9.32. The highest BCUT2D eigenvalue weighted by molar-refractivity contribution is 8.00. The smallest absolute Gasteiger partial charge is 0.336 e. The maximum absolute atomic E-state index is 13.1. The Hall–Kier alpha value is -1.10. The summed E-state index contributed by atoms with van der Waals surface area (Å²) >= 11 is 1.34. The summed E-state index contributed by atoms with van der Waals surface area (Å²) in [5.41, 5.74) is 0.570. The van der Waals surface area contributed by atoms with Crippen LogP contribution in [0.1, 0.15) is 55.1 Å². The zero-order valence-electron chi connectivity index (χ0n) is 11.2. The molecule has 2 nitrogen and oxygen atoms in total. The normalized spacial score (nSPS) is 12.7. The van der Waals surface area contributed by atoms with Crippen LogP contribution in [0.4, 0.5) is 8.78 Å². The lowest BCUT2D eigenvalue weighted by atomic mass is 10.0. The van der Waals surface area contributed by atoms with Crippen LogP contribution in [-0.2, 0) is 6.42 Å². The number of benzene rings is 1. The van der Waals surface area contributed by atoms with Gasteiger partial charge in [0.2, 0.25) is 0 Å². The van der Waals surface area contributed by atoms with Gasteiger partial charge in [-0.15, -0.1) is 11.8 Å². The maximum atomic E-state index is 13.1. The molecule has 0 amide bonds. The Morgan fingerprint density at radius 2 is 2.00 bits per heavy atom.